The molecule has 9 heteroatoms. The number of anilines is 1. The van der Waals surface area contributed by atoms with Crippen LogP contribution in [0, 0.1) is 0 Å². The van der Waals surface area contributed by atoms with Crippen LogP contribution in [0.15, 0.2) is 65.1 Å². The Morgan fingerprint density at radius 2 is 1.70 bits per heavy atom. The van der Waals surface area contributed by atoms with Crippen LogP contribution in [0.1, 0.15) is 17.0 Å². The smallest absolute Gasteiger partial charge is 0.321 e. The number of urea groups is 1. The van der Waals surface area contributed by atoms with Gasteiger partial charge in [0.05, 0.1) is 10.2 Å². The van der Waals surface area contributed by atoms with Crippen molar-refractivity contribution in [2.45, 2.75) is 6.42 Å². The number of aromatic nitrogens is 1. The van der Waals surface area contributed by atoms with E-state index in [2.05, 4.69) is 10.3 Å². The summed E-state index contributed by atoms with van der Waals surface area (Å²) < 4.78 is 6.94. The van der Waals surface area contributed by atoms with Gasteiger partial charge in [-0.05, 0) is 55.0 Å². The lowest BCUT2D eigenvalue weighted by Gasteiger charge is -2.22. The molecule has 3 amide bonds. The number of thiazole rings is 1. The van der Waals surface area contributed by atoms with Crippen molar-refractivity contribution >= 4 is 50.8 Å². The van der Waals surface area contributed by atoms with E-state index in [1.807, 2.05) is 24.3 Å². The largest absolute Gasteiger partial charge is 0.448 e. The van der Waals surface area contributed by atoms with E-state index < -0.39 is 0 Å². The molecular weight excluding hydrogens is 460 g/mol. The zero-order valence-electron chi connectivity index (χ0n) is 17.7. The van der Waals surface area contributed by atoms with Gasteiger partial charge < -0.3 is 19.5 Å². The number of nitrogens with zero attached hydrogens (tertiary/aromatic N) is 3. The number of hydrogen-bond acceptors (Lipinski definition) is 5. The number of amides is 3. The lowest BCUT2D eigenvalue weighted by Crippen LogP contribution is -2.39. The number of nitrogens with one attached hydrogen (secondary N) is 1. The summed E-state index contributed by atoms with van der Waals surface area (Å²) >= 11 is 7.43. The standard InChI is InChI=1S/C24H21ClN4O3S/c25-16-6-8-17(9-7-16)26-24(31)29-13-3-12-28(14-15-29)23(30)20-11-10-19(32-20)22-27-18-4-1-2-5-21(18)33-22/h1-2,4-11H,3,12-15H2,(H,26,31). The molecule has 5 rings (SSSR count). The van der Waals surface area contributed by atoms with Gasteiger partial charge in [0.2, 0.25) is 0 Å². The SMILES string of the molecule is O=C(Nc1ccc(Cl)cc1)N1CCCN(C(=O)c2ccc(-c3nc4ccccc4s3)o2)CC1. The van der Waals surface area contributed by atoms with E-state index >= 15 is 0 Å². The second-order valence-corrected chi connectivity index (χ2v) is 9.19. The van der Waals surface area contributed by atoms with Gasteiger partial charge in [-0.3, -0.25) is 4.79 Å². The van der Waals surface area contributed by atoms with Crippen molar-refractivity contribution < 1.29 is 14.0 Å². The van der Waals surface area contributed by atoms with Crippen molar-refractivity contribution in [1.82, 2.24) is 14.8 Å². The molecule has 2 aromatic heterocycles. The Hall–Kier alpha value is -3.36. The summed E-state index contributed by atoms with van der Waals surface area (Å²) in [4.78, 5) is 33.7. The number of furan rings is 1. The zero-order valence-corrected chi connectivity index (χ0v) is 19.2. The Morgan fingerprint density at radius 3 is 2.52 bits per heavy atom. The Kier molecular flexibility index (Phi) is 6.02. The van der Waals surface area contributed by atoms with Crippen molar-refractivity contribution in [3.05, 3.63) is 71.4 Å². The van der Waals surface area contributed by atoms with Gasteiger partial charge in [-0.1, -0.05) is 23.7 Å². The number of carbonyl (C=O) groups excluding carboxylic acids is 2. The second-order valence-electron chi connectivity index (χ2n) is 7.72. The fraction of sp³-hybridized carbons (Fsp3) is 0.208. The molecule has 0 spiro atoms. The van der Waals surface area contributed by atoms with Crippen LogP contribution in [0.5, 0.6) is 0 Å². The Morgan fingerprint density at radius 1 is 0.939 bits per heavy atom. The summed E-state index contributed by atoms with van der Waals surface area (Å²) in [5, 5.41) is 4.23. The minimum absolute atomic E-state index is 0.178. The van der Waals surface area contributed by atoms with Crippen molar-refractivity contribution in [2.75, 3.05) is 31.5 Å². The van der Waals surface area contributed by atoms with Gasteiger partial charge in [-0.2, -0.15) is 0 Å². The maximum absolute atomic E-state index is 13.1. The summed E-state index contributed by atoms with van der Waals surface area (Å²) in [6.45, 7) is 2.00. The third kappa shape index (κ3) is 4.72. The topological polar surface area (TPSA) is 78.7 Å². The molecule has 3 heterocycles. The first-order valence-electron chi connectivity index (χ1n) is 10.6. The number of halogens is 1. The molecule has 1 saturated heterocycles. The van der Waals surface area contributed by atoms with Gasteiger partial charge in [-0.15, -0.1) is 11.3 Å². The third-order valence-electron chi connectivity index (χ3n) is 5.49. The van der Waals surface area contributed by atoms with Crippen molar-refractivity contribution in [1.29, 1.82) is 0 Å². The lowest BCUT2D eigenvalue weighted by atomic mass is 10.3. The number of fused-ring (bicyclic) bond motifs is 1. The average molecular weight is 481 g/mol. The van der Waals surface area contributed by atoms with Gasteiger partial charge in [0, 0.05) is 36.9 Å². The number of carbonyl (C=O) groups is 2. The molecule has 0 atom stereocenters. The van der Waals surface area contributed by atoms with Crippen LogP contribution in [0.2, 0.25) is 5.02 Å². The monoisotopic (exact) mass is 480 g/mol. The molecule has 0 bridgehead atoms. The maximum Gasteiger partial charge on any atom is 0.321 e. The highest BCUT2D eigenvalue weighted by Crippen LogP contribution is 2.31. The van der Waals surface area contributed by atoms with E-state index in [0.29, 0.717) is 49.1 Å². The molecule has 1 aliphatic rings. The lowest BCUT2D eigenvalue weighted by molar-refractivity contribution is 0.0732. The summed E-state index contributed by atoms with van der Waals surface area (Å²) in [6.07, 6.45) is 0.686. The van der Waals surface area contributed by atoms with Crippen molar-refractivity contribution in [3.63, 3.8) is 0 Å². The molecule has 1 aliphatic heterocycles. The van der Waals surface area contributed by atoms with Crippen LogP contribution in [-0.2, 0) is 0 Å². The fourth-order valence-electron chi connectivity index (χ4n) is 3.76. The van der Waals surface area contributed by atoms with Gasteiger partial charge in [0.15, 0.2) is 16.5 Å². The molecule has 0 radical (unpaired) electrons. The minimum atomic E-state index is -0.192. The van der Waals surface area contributed by atoms with Crippen molar-refractivity contribution in [2.24, 2.45) is 0 Å². The van der Waals surface area contributed by atoms with Crippen molar-refractivity contribution in [3.8, 4) is 10.8 Å². The predicted octanol–water partition coefficient (Wildman–Crippen LogP) is 5.59. The zero-order chi connectivity index (χ0) is 22.8. The van der Waals surface area contributed by atoms with Crippen LogP contribution < -0.4 is 5.32 Å². The molecule has 1 fully saturated rings. The molecule has 0 aliphatic carbocycles. The molecule has 0 unspecified atom stereocenters. The minimum Gasteiger partial charge on any atom is -0.448 e. The quantitative estimate of drug-likeness (QED) is 0.414. The van der Waals surface area contributed by atoms with Gasteiger partial charge in [0.1, 0.15) is 0 Å². The van der Waals surface area contributed by atoms with E-state index in [-0.39, 0.29) is 17.7 Å². The molecule has 4 aromatic rings. The molecule has 1 N–H and O–H groups in total. The van der Waals surface area contributed by atoms with Gasteiger partial charge in [0.25, 0.3) is 5.91 Å². The van der Waals surface area contributed by atoms with E-state index in [4.69, 9.17) is 16.0 Å². The van der Waals surface area contributed by atoms with E-state index in [9.17, 15) is 9.59 Å². The molecule has 0 saturated carbocycles. The van der Waals surface area contributed by atoms with Gasteiger partial charge in [-0.25, -0.2) is 9.78 Å². The fourth-order valence-corrected chi connectivity index (χ4v) is 4.81. The first-order valence-corrected chi connectivity index (χ1v) is 11.8. The number of benzene rings is 2. The van der Waals surface area contributed by atoms with E-state index in [1.54, 1.807) is 46.2 Å². The van der Waals surface area contributed by atoms with Crippen LogP contribution in [-0.4, -0.2) is 52.9 Å². The normalized spacial score (nSPS) is 14.3. The number of hydrogen-bond donors (Lipinski definition) is 1. The van der Waals surface area contributed by atoms with Crippen LogP contribution in [0.4, 0.5) is 10.5 Å². The first kappa shape index (κ1) is 21.5. The number of para-hydroxylation sites is 1. The summed E-state index contributed by atoms with van der Waals surface area (Å²) in [7, 11) is 0. The van der Waals surface area contributed by atoms with E-state index in [1.165, 1.54) is 11.3 Å². The highest BCUT2D eigenvalue weighted by Gasteiger charge is 2.25. The maximum atomic E-state index is 13.1. The summed E-state index contributed by atoms with van der Waals surface area (Å²) in [6, 6.07) is 18.1. The first-order chi connectivity index (χ1) is 16.1. The van der Waals surface area contributed by atoms with Crippen LogP contribution in [0.25, 0.3) is 21.0 Å². The summed E-state index contributed by atoms with van der Waals surface area (Å²) in [5.74, 6) is 0.684. The molecule has 2 aromatic carbocycles. The Labute approximate surface area is 199 Å². The number of rotatable bonds is 3. The Bertz CT molecular complexity index is 1270. The van der Waals surface area contributed by atoms with Crippen LogP contribution in [0.3, 0.4) is 0 Å². The highest BCUT2D eigenvalue weighted by molar-refractivity contribution is 7.21. The Balaban J connectivity index is 1.23. The third-order valence-corrected chi connectivity index (χ3v) is 6.79. The molecule has 33 heavy (non-hydrogen) atoms. The highest BCUT2D eigenvalue weighted by atomic mass is 35.5. The second kappa shape index (κ2) is 9.25. The summed E-state index contributed by atoms with van der Waals surface area (Å²) in [5.41, 5.74) is 1.59. The van der Waals surface area contributed by atoms with Gasteiger partial charge >= 0.3 is 6.03 Å². The molecule has 168 valence electrons. The molecule has 7 nitrogen and oxygen atoms in total. The molecular formula is C24H21ClN4O3S. The predicted molar refractivity (Wildman–Crippen MR) is 130 cm³/mol. The average Bonchev–Trinajstić information content (AvgIpc) is 3.41. The van der Waals surface area contributed by atoms with Crippen LogP contribution >= 0.6 is 22.9 Å². The van der Waals surface area contributed by atoms with E-state index in [0.717, 1.165) is 15.2 Å².